The van der Waals surface area contributed by atoms with Crippen molar-refractivity contribution in [2.24, 2.45) is 0 Å². The standard InChI is InChI=1S/C7H8O3S.Zn/c1-6-3-2-4-7(5-6)11(8,9)10;/h2-5H,1H3,(H,8,9,10);. The Morgan fingerprint density at radius 2 is 1.92 bits per heavy atom. The van der Waals surface area contributed by atoms with Crippen molar-refractivity contribution in [3.63, 3.8) is 0 Å². The number of aryl methyl sites for hydroxylation is 1. The molecule has 0 saturated carbocycles. The van der Waals surface area contributed by atoms with E-state index >= 15 is 0 Å². The van der Waals surface area contributed by atoms with Gasteiger partial charge in [-0.3, -0.25) is 4.55 Å². The zero-order chi connectivity index (χ0) is 8.48. The zero-order valence-corrected chi connectivity index (χ0v) is 10.5. The van der Waals surface area contributed by atoms with E-state index in [1.54, 1.807) is 19.1 Å². The van der Waals surface area contributed by atoms with E-state index in [2.05, 4.69) is 0 Å². The largest absolute Gasteiger partial charge is 0.294 e. The average molecular weight is 238 g/mol. The Hall–Kier alpha value is -0.247. The third-order valence-corrected chi connectivity index (χ3v) is 2.14. The minimum Gasteiger partial charge on any atom is -0.282 e. The Kier molecular flexibility index (Phi) is 4.04. The summed E-state index contributed by atoms with van der Waals surface area (Å²) in [5.41, 5.74) is 0.806. The molecule has 0 aromatic heterocycles. The van der Waals surface area contributed by atoms with Crippen LogP contribution in [-0.4, -0.2) is 13.0 Å². The van der Waals surface area contributed by atoms with E-state index in [0.29, 0.717) is 0 Å². The summed E-state index contributed by atoms with van der Waals surface area (Å²) >= 11 is 0. The first-order chi connectivity index (χ1) is 5.00. The van der Waals surface area contributed by atoms with E-state index in [0.717, 1.165) is 5.56 Å². The summed E-state index contributed by atoms with van der Waals surface area (Å²) in [5, 5.41) is 0. The number of hydrogen-bond donors (Lipinski definition) is 1. The predicted octanol–water partition coefficient (Wildman–Crippen LogP) is 1.24. The van der Waals surface area contributed by atoms with E-state index in [1.165, 1.54) is 12.1 Å². The summed E-state index contributed by atoms with van der Waals surface area (Å²) in [7, 11) is -4.03. The van der Waals surface area contributed by atoms with Gasteiger partial charge in [-0.2, -0.15) is 8.42 Å². The van der Waals surface area contributed by atoms with Crippen molar-refractivity contribution < 1.29 is 32.4 Å². The molecule has 62 valence electrons. The molecule has 1 N–H and O–H groups in total. The molecular weight excluding hydrogens is 230 g/mol. The van der Waals surface area contributed by atoms with Gasteiger partial charge in [0.2, 0.25) is 0 Å². The van der Waals surface area contributed by atoms with Crippen LogP contribution in [-0.2, 0) is 29.6 Å². The van der Waals surface area contributed by atoms with Crippen molar-refractivity contribution in [1.29, 1.82) is 0 Å². The zero-order valence-electron chi connectivity index (χ0n) is 6.69. The second kappa shape index (κ2) is 4.12. The minimum absolute atomic E-state index is 0. The maximum Gasteiger partial charge on any atom is 0.294 e. The van der Waals surface area contributed by atoms with Gasteiger partial charge in [-0.1, -0.05) is 12.1 Å². The predicted molar refractivity (Wildman–Crippen MR) is 41.0 cm³/mol. The van der Waals surface area contributed by atoms with Gasteiger partial charge in [-0.15, -0.1) is 0 Å². The second-order valence-electron chi connectivity index (χ2n) is 2.29. The van der Waals surface area contributed by atoms with Crippen LogP contribution in [0.3, 0.4) is 0 Å². The molecule has 0 radical (unpaired) electrons. The van der Waals surface area contributed by atoms with Gasteiger partial charge >= 0.3 is 0 Å². The van der Waals surface area contributed by atoms with E-state index < -0.39 is 10.1 Å². The Bertz CT molecular complexity index is 359. The first kappa shape index (κ1) is 11.8. The SMILES string of the molecule is Cc1cccc(S(=O)(=O)O)c1.[Zn]. The van der Waals surface area contributed by atoms with E-state index in [1.807, 2.05) is 0 Å². The third-order valence-electron chi connectivity index (χ3n) is 1.29. The molecule has 0 unspecified atom stereocenters. The Morgan fingerprint density at radius 1 is 1.33 bits per heavy atom. The van der Waals surface area contributed by atoms with Gasteiger partial charge in [0.25, 0.3) is 10.1 Å². The molecule has 0 aliphatic heterocycles. The van der Waals surface area contributed by atoms with Crippen molar-refractivity contribution >= 4 is 10.1 Å². The molecule has 3 nitrogen and oxygen atoms in total. The van der Waals surface area contributed by atoms with Crippen LogP contribution in [0.15, 0.2) is 29.2 Å². The summed E-state index contributed by atoms with van der Waals surface area (Å²) in [5.74, 6) is 0. The van der Waals surface area contributed by atoms with Crippen LogP contribution in [0.4, 0.5) is 0 Å². The normalized spacial score (nSPS) is 10.5. The van der Waals surface area contributed by atoms with Crippen molar-refractivity contribution in [3.05, 3.63) is 29.8 Å². The number of benzene rings is 1. The molecule has 1 rings (SSSR count). The van der Waals surface area contributed by atoms with Crippen molar-refractivity contribution in [3.8, 4) is 0 Å². The molecule has 0 aliphatic rings. The van der Waals surface area contributed by atoms with Crippen LogP contribution in [0.25, 0.3) is 0 Å². The van der Waals surface area contributed by atoms with E-state index in [-0.39, 0.29) is 24.4 Å². The second-order valence-corrected chi connectivity index (χ2v) is 3.71. The van der Waals surface area contributed by atoms with Crippen LogP contribution < -0.4 is 0 Å². The van der Waals surface area contributed by atoms with Crippen LogP contribution in [0.5, 0.6) is 0 Å². The molecule has 0 fully saturated rings. The molecule has 0 atom stereocenters. The van der Waals surface area contributed by atoms with Gasteiger partial charge in [-0.05, 0) is 24.6 Å². The van der Waals surface area contributed by atoms with Gasteiger partial charge in [0.05, 0.1) is 4.90 Å². The maximum atomic E-state index is 10.5. The van der Waals surface area contributed by atoms with Crippen LogP contribution >= 0.6 is 0 Å². The number of hydrogen-bond acceptors (Lipinski definition) is 2. The molecule has 0 amide bonds. The topological polar surface area (TPSA) is 54.4 Å². The summed E-state index contributed by atoms with van der Waals surface area (Å²) in [6.45, 7) is 1.76. The van der Waals surface area contributed by atoms with Crippen LogP contribution in [0.1, 0.15) is 5.56 Å². The van der Waals surface area contributed by atoms with Gasteiger partial charge in [-0.25, -0.2) is 0 Å². The molecular formula is C7H8O3SZn. The Labute approximate surface area is 84.3 Å². The van der Waals surface area contributed by atoms with Crippen LogP contribution in [0.2, 0.25) is 0 Å². The van der Waals surface area contributed by atoms with Gasteiger partial charge in [0, 0.05) is 19.5 Å². The molecule has 12 heavy (non-hydrogen) atoms. The Morgan fingerprint density at radius 3 is 2.25 bits per heavy atom. The fraction of sp³-hybridized carbons (Fsp3) is 0.143. The molecule has 1 aromatic rings. The van der Waals surface area contributed by atoms with E-state index in [4.69, 9.17) is 4.55 Å². The first-order valence-corrected chi connectivity index (χ1v) is 4.48. The van der Waals surface area contributed by atoms with Gasteiger partial charge in [0.15, 0.2) is 0 Å². The van der Waals surface area contributed by atoms with E-state index in [9.17, 15) is 8.42 Å². The smallest absolute Gasteiger partial charge is 0.282 e. The summed E-state index contributed by atoms with van der Waals surface area (Å²) < 4.78 is 29.7. The van der Waals surface area contributed by atoms with Crippen LogP contribution in [0, 0.1) is 6.92 Å². The van der Waals surface area contributed by atoms with Gasteiger partial charge < -0.3 is 0 Å². The van der Waals surface area contributed by atoms with Crippen molar-refractivity contribution in [1.82, 2.24) is 0 Å². The minimum atomic E-state index is -4.03. The molecule has 5 heteroatoms. The van der Waals surface area contributed by atoms with Crippen molar-refractivity contribution in [2.45, 2.75) is 11.8 Å². The summed E-state index contributed by atoms with van der Waals surface area (Å²) in [4.78, 5) is -0.0579. The molecule has 0 saturated heterocycles. The number of rotatable bonds is 1. The summed E-state index contributed by atoms with van der Waals surface area (Å²) in [6.07, 6.45) is 0. The van der Waals surface area contributed by atoms with Gasteiger partial charge in [0.1, 0.15) is 0 Å². The average Bonchev–Trinajstić information content (AvgIpc) is 1.86. The molecule has 1 aromatic carbocycles. The molecule has 0 bridgehead atoms. The third kappa shape index (κ3) is 3.01. The van der Waals surface area contributed by atoms with Crippen molar-refractivity contribution in [2.75, 3.05) is 0 Å². The monoisotopic (exact) mass is 236 g/mol. The summed E-state index contributed by atoms with van der Waals surface area (Å²) in [6, 6.07) is 6.10. The Balaban J connectivity index is 0.00000121. The first-order valence-electron chi connectivity index (χ1n) is 3.04. The molecule has 0 spiro atoms. The fourth-order valence-electron chi connectivity index (χ4n) is 0.776. The fourth-order valence-corrected chi connectivity index (χ4v) is 1.36. The molecule has 0 heterocycles. The quantitative estimate of drug-likeness (QED) is 0.591. The molecule has 0 aliphatic carbocycles. The maximum absolute atomic E-state index is 10.5.